The number of ether oxygens (including phenoxy) is 1. The van der Waals surface area contributed by atoms with E-state index in [1.54, 1.807) is 23.9 Å². The molecule has 0 unspecified atom stereocenters. The quantitative estimate of drug-likeness (QED) is 0.169. The Morgan fingerprint density at radius 2 is 1.87 bits per heavy atom. The van der Waals surface area contributed by atoms with Crippen molar-refractivity contribution in [1.82, 2.24) is 15.2 Å². The molecule has 3 heterocycles. The minimum Gasteiger partial charge on any atom is -0.463 e. The van der Waals surface area contributed by atoms with E-state index in [0.29, 0.717) is 22.4 Å². The highest BCUT2D eigenvalue weighted by Gasteiger charge is 2.14. The second kappa shape index (κ2) is 9.60. The Kier molecular flexibility index (Phi) is 6.86. The highest BCUT2D eigenvalue weighted by molar-refractivity contribution is 8.02. The van der Waals surface area contributed by atoms with Crippen LogP contribution in [0.25, 0.3) is 10.9 Å². The summed E-state index contributed by atoms with van der Waals surface area (Å²) in [5.74, 6) is 1.59. The number of carbonyl (C=O) groups excluding carboxylic acids is 1. The Morgan fingerprint density at radius 1 is 1.13 bits per heavy atom. The lowest BCUT2D eigenvalue weighted by atomic mass is 10.0. The summed E-state index contributed by atoms with van der Waals surface area (Å²) in [4.78, 5) is 16.1. The van der Waals surface area contributed by atoms with Crippen LogP contribution < -0.4 is 0 Å². The lowest BCUT2D eigenvalue weighted by Crippen LogP contribution is -1.98. The molecule has 0 radical (unpaired) electrons. The molecule has 4 aromatic rings. The van der Waals surface area contributed by atoms with Crippen LogP contribution in [-0.4, -0.2) is 28.3 Å². The van der Waals surface area contributed by atoms with Gasteiger partial charge in [-0.3, -0.25) is 0 Å². The number of aryl methyl sites for hydroxylation is 2. The van der Waals surface area contributed by atoms with Gasteiger partial charge in [0.1, 0.15) is 10.9 Å². The van der Waals surface area contributed by atoms with Gasteiger partial charge in [0.05, 0.1) is 18.4 Å². The normalized spacial score (nSPS) is 11.2. The maximum atomic E-state index is 11.5. The number of esters is 1. The summed E-state index contributed by atoms with van der Waals surface area (Å²) in [7, 11) is 1.32. The van der Waals surface area contributed by atoms with Crippen molar-refractivity contribution < 1.29 is 13.9 Å². The number of furan rings is 1. The van der Waals surface area contributed by atoms with E-state index < -0.39 is 5.97 Å². The zero-order valence-electron chi connectivity index (χ0n) is 17.0. The van der Waals surface area contributed by atoms with Gasteiger partial charge >= 0.3 is 5.97 Å². The standard InChI is InChI=1S/C21H18ClN3O3S3/c1-11-4-5-13-8-14(18(22)23-17(13)12(11)2)9-29-20-24-25-21(31-20)30-10-15-6-7-16(28-15)19(26)27-3/h4-8H,9-10H2,1-3H3. The topological polar surface area (TPSA) is 78.1 Å². The summed E-state index contributed by atoms with van der Waals surface area (Å²) in [6.07, 6.45) is 0. The Bertz CT molecular complexity index is 1260. The van der Waals surface area contributed by atoms with Crippen molar-refractivity contribution in [3.05, 3.63) is 63.7 Å². The predicted octanol–water partition coefficient (Wildman–Crippen LogP) is 6.32. The molecule has 0 amide bonds. The van der Waals surface area contributed by atoms with E-state index in [-0.39, 0.29) is 5.76 Å². The number of carbonyl (C=O) groups is 1. The first-order chi connectivity index (χ1) is 14.9. The molecule has 10 heteroatoms. The third-order valence-electron chi connectivity index (χ3n) is 4.66. The van der Waals surface area contributed by atoms with Gasteiger partial charge in [0.15, 0.2) is 8.68 Å². The predicted molar refractivity (Wildman–Crippen MR) is 125 cm³/mol. The molecular weight excluding hydrogens is 474 g/mol. The van der Waals surface area contributed by atoms with Crippen LogP contribution in [0, 0.1) is 13.8 Å². The SMILES string of the molecule is COC(=O)c1ccc(CSc2nnc(SCc3cc4ccc(C)c(C)c4nc3Cl)s2)o1. The number of thioether (sulfide) groups is 2. The minimum atomic E-state index is -0.488. The molecule has 0 atom stereocenters. The van der Waals surface area contributed by atoms with Crippen molar-refractivity contribution in [3.8, 4) is 0 Å². The van der Waals surface area contributed by atoms with Crippen molar-refractivity contribution in [2.24, 2.45) is 0 Å². The highest BCUT2D eigenvalue weighted by atomic mass is 35.5. The summed E-state index contributed by atoms with van der Waals surface area (Å²) >= 11 is 11.0. The number of rotatable bonds is 7. The Balaban J connectivity index is 1.38. The van der Waals surface area contributed by atoms with Gasteiger partial charge in [-0.1, -0.05) is 58.6 Å². The van der Waals surface area contributed by atoms with Crippen molar-refractivity contribution in [2.45, 2.75) is 34.0 Å². The molecule has 0 bridgehead atoms. The minimum absolute atomic E-state index is 0.192. The van der Waals surface area contributed by atoms with Crippen molar-refractivity contribution in [2.75, 3.05) is 7.11 Å². The molecule has 0 aliphatic heterocycles. The number of fused-ring (bicyclic) bond motifs is 1. The molecule has 0 saturated heterocycles. The third-order valence-corrected chi connectivity index (χ3v) is 8.25. The fourth-order valence-corrected chi connectivity index (χ4v) is 6.03. The van der Waals surface area contributed by atoms with Crippen LogP contribution in [-0.2, 0) is 16.2 Å². The first-order valence-corrected chi connectivity index (χ1v) is 12.4. The van der Waals surface area contributed by atoms with E-state index in [9.17, 15) is 4.79 Å². The molecule has 0 saturated carbocycles. The van der Waals surface area contributed by atoms with Crippen LogP contribution in [0.1, 0.15) is 33.0 Å². The van der Waals surface area contributed by atoms with Gasteiger partial charge < -0.3 is 9.15 Å². The molecule has 3 aromatic heterocycles. The van der Waals surface area contributed by atoms with Gasteiger partial charge in [0.25, 0.3) is 0 Å². The number of hydrogen-bond acceptors (Lipinski definition) is 9. The van der Waals surface area contributed by atoms with Gasteiger partial charge in [-0.15, -0.1) is 10.2 Å². The van der Waals surface area contributed by atoms with Crippen LogP contribution in [0.3, 0.4) is 0 Å². The number of hydrogen-bond donors (Lipinski definition) is 0. The first kappa shape index (κ1) is 22.1. The van der Waals surface area contributed by atoms with Crippen molar-refractivity contribution in [3.63, 3.8) is 0 Å². The van der Waals surface area contributed by atoms with E-state index in [1.807, 2.05) is 0 Å². The van der Waals surface area contributed by atoms with Gasteiger partial charge in [0, 0.05) is 16.7 Å². The molecule has 0 N–H and O–H groups in total. The molecule has 0 aliphatic rings. The zero-order valence-corrected chi connectivity index (χ0v) is 20.2. The Morgan fingerprint density at radius 3 is 2.61 bits per heavy atom. The number of nitrogens with zero attached hydrogens (tertiary/aromatic N) is 3. The second-order valence-electron chi connectivity index (χ2n) is 6.69. The summed E-state index contributed by atoms with van der Waals surface area (Å²) in [6, 6.07) is 9.64. The molecule has 0 fully saturated rings. The Labute approximate surface area is 196 Å². The summed E-state index contributed by atoms with van der Waals surface area (Å²) in [5, 5.41) is 10.1. The van der Waals surface area contributed by atoms with Crippen LogP contribution in [0.2, 0.25) is 5.15 Å². The maximum absolute atomic E-state index is 11.5. The fraction of sp³-hybridized carbons (Fsp3) is 0.238. The number of aromatic nitrogens is 3. The molecule has 0 spiro atoms. The lowest BCUT2D eigenvalue weighted by Gasteiger charge is -2.08. The van der Waals surface area contributed by atoms with Gasteiger partial charge in [-0.05, 0) is 43.2 Å². The number of methoxy groups -OCH3 is 1. The smallest absolute Gasteiger partial charge is 0.373 e. The molecule has 1 aromatic carbocycles. The van der Waals surface area contributed by atoms with Crippen molar-refractivity contribution >= 4 is 63.3 Å². The van der Waals surface area contributed by atoms with Crippen LogP contribution in [0.15, 0.2) is 43.4 Å². The number of halogens is 1. The molecule has 6 nitrogen and oxygen atoms in total. The van der Waals surface area contributed by atoms with E-state index in [1.165, 1.54) is 35.8 Å². The van der Waals surface area contributed by atoms with E-state index in [4.69, 9.17) is 16.0 Å². The van der Waals surface area contributed by atoms with Crippen LogP contribution in [0.4, 0.5) is 0 Å². The number of benzene rings is 1. The summed E-state index contributed by atoms with van der Waals surface area (Å²) < 4.78 is 11.8. The second-order valence-corrected chi connectivity index (χ2v) is 10.5. The molecule has 160 valence electrons. The number of pyridine rings is 1. The third kappa shape index (κ3) is 5.06. The Hall–Kier alpha value is -2.07. The van der Waals surface area contributed by atoms with E-state index >= 15 is 0 Å². The van der Waals surface area contributed by atoms with E-state index in [2.05, 4.69) is 52.0 Å². The average molecular weight is 492 g/mol. The molecule has 4 rings (SSSR count). The molecule has 0 aliphatic carbocycles. The zero-order chi connectivity index (χ0) is 22.0. The summed E-state index contributed by atoms with van der Waals surface area (Å²) in [5.41, 5.74) is 4.27. The van der Waals surface area contributed by atoms with Gasteiger partial charge in [0.2, 0.25) is 5.76 Å². The average Bonchev–Trinajstić information content (AvgIpc) is 3.43. The maximum Gasteiger partial charge on any atom is 0.373 e. The van der Waals surface area contributed by atoms with E-state index in [0.717, 1.165) is 30.7 Å². The largest absolute Gasteiger partial charge is 0.463 e. The highest BCUT2D eigenvalue weighted by Crippen LogP contribution is 2.34. The fourth-order valence-electron chi connectivity index (χ4n) is 2.86. The van der Waals surface area contributed by atoms with Gasteiger partial charge in [-0.25, -0.2) is 9.78 Å². The monoisotopic (exact) mass is 491 g/mol. The lowest BCUT2D eigenvalue weighted by molar-refractivity contribution is 0.0563. The van der Waals surface area contributed by atoms with Gasteiger partial charge in [-0.2, -0.15) is 0 Å². The summed E-state index contributed by atoms with van der Waals surface area (Å²) in [6.45, 7) is 4.14. The molecule has 31 heavy (non-hydrogen) atoms. The van der Waals surface area contributed by atoms with Crippen LogP contribution in [0.5, 0.6) is 0 Å². The van der Waals surface area contributed by atoms with Crippen LogP contribution >= 0.6 is 46.5 Å². The molecular formula is C21H18ClN3O3S3. The first-order valence-electron chi connectivity index (χ1n) is 9.26. The van der Waals surface area contributed by atoms with Crippen molar-refractivity contribution in [1.29, 1.82) is 0 Å².